The molecule has 0 unspecified atom stereocenters. The van der Waals surface area contributed by atoms with Crippen LogP contribution in [0.25, 0.3) is 0 Å². The highest BCUT2D eigenvalue weighted by Crippen LogP contribution is 2.29. The predicted molar refractivity (Wildman–Crippen MR) is 103 cm³/mol. The molecule has 2 aromatic rings. The van der Waals surface area contributed by atoms with Crippen LogP contribution in [-0.4, -0.2) is 60.6 Å². The second-order valence-electron chi connectivity index (χ2n) is 6.06. The number of carbonyl (C=O) groups excluding carboxylic acids is 2. The number of hydrogen-bond acceptors (Lipinski definition) is 7. The van der Waals surface area contributed by atoms with Crippen LogP contribution in [0.15, 0.2) is 29.1 Å². The van der Waals surface area contributed by atoms with Crippen molar-refractivity contribution in [2.75, 3.05) is 38.7 Å². The molecule has 1 saturated heterocycles. The zero-order chi connectivity index (χ0) is 18.4. The highest BCUT2D eigenvalue weighted by Gasteiger charge is 2.42. The molecule has 1 aliphatic rings. The second kappa shape index (κ2) is 8.61. The average Bonchev–Trinajstić information content (AvgIpc) is 3.36. The van der Waals surface area contributed by atoms with Gasteiger partial charge in [0.25, 0.3) is 5.91 Å². The summed E-state index contributed by atoms with van der Waals surface area (Å²) >= 11 is 2.90. The highest BCUT2D eigenvalue weighted by molar-refractivity contribution is 7.13. The molecule has 26 heavy (non-hydrogen) atoms. The van der Waals surface area contributed by atoms with E-state index in [0.717, 1.165) is 4.88 Å². The first-order valence-electron chi connectivity index (χ1n) is 8.42. The van der Waals surface area contributed by atoms with Crippen molar-refractivity contribution in [3.63, 3.8) is 0 Å². The van der Waals surface area contributed by atoms with Gasteiger partial charge in [0.2, 0.25) is 5.91 Å². The van der Waals surface area contributed by atoms with E-state index in [-0.39, 0.29) is 11.8 Å². The number of amides is 2. The largest absolute Gasteiger partial charge is 0.383 e. The summed E-state index contributed by atoms with van der Waals surface area (Å²) in [6, 6.07) is 3.71. The van der Waals surface area contributed by atoms with E-state index in [4.69, 9.17) is 4.74 Å². The smallest absolute Gasteiger partial charge is 0.263 e. The monoisotopic (exact) mass is 394 g/mol. The molecular formula is C17H22N4O3S2. The van der Waals surface area contributed by atoms with Crippen LogP contribution >= 0.6 is 22.7 Å². The van der Waals surface area contributed by atoms with E-state index in [9.17, 15) is 9.59 Å². The van der Waals surface area contributed by atoms with Gasteiger partial charge in [-0.25, -0.2) is 4.98 Å². The van der Waals surface area contributed by atoms with Gasteiger partial charge in [-0.15, -0.1) is 22.7 Å². The topological polar surface area (TPSA) is 83.6 Å². The van der Waals surface area contributed by atoms with Gasteiger partial charge < -0.3 is 20.3 Å². The van der Waals surface area contributed by atoms with Gasteiger partial charge >= 0.3 is 0 Å². The summed E-state index contributed by atoms with van der Waals surface area (Å²) in [6.45, 7) is 1.95. The number of nitrogens with one attached hydrogen (secondary N) is 2. The molecule has 0 spiro atoms. The van der Waals surface area contributed by atoms with Crippen molar-refractivity contribution in [3.8, 4) is 0 Å². The fourth-order valence-electron chi connectivity index (χ4n) is 2.98. The quantitative estimate of drug-likeness (QED) is 0.703. The van der Waals surface area contributed by atoms with E-state index in [1.54, 1.807) is 13.3 Å². The summed E-state index contributed by atoms with van der Waals surface area (Å²) in [6.07, 6.45) is 2.77. The maximum Gasteiger partial charge on any atom is 0.263 e. The molecule has 1 fully saturated rings. The Morgan fingerprint density at radius 2 is 2.12 bits per heavy atom. The Labute approximate surface area is 160 Å². The number of piperidine rings is 1. The standard InChI is InChI=1S/C17H22N4O3S2/c1-24-10-6-18-15(23)17(20-16-19-7-12-26-16)4-8-21(9-5-17)14(22)13-3-2-11-25-13/h2-3,7,11-12H,4-6,8-10H2,1H3,(H,18,23)(H,19,20). The van der Waals surface area contributed by atoms with Gasteiger partial charge in [0.15, 0.2) is 5.13 Å². The van der Waals surface area contributed by atoms with Crippen LogP contribution in [0.3, 0.4) is 0 Å². The van der Waals surface area contributed by atoms with Crippen molar-refractivity contribution < 1.29 is 14.3 Å². The molecule has 0 aliphatic carbocycles. The summed E-state index contributed by atoms with van der Waals surface area (Å²) in [5.74, 6) is -0.0457. The minimum Gasteiger partial charge on any atom is -0.383 e. The molecule has 7 nitrogen and oxygen atoms in total. The Balaban J connectivity index is 1.69. The molecule has 2 aromatic heterocycles. The van der Waals surface area contributed by atoms with Crippen LogP contribution in [0, 0.1) is 0 Å². The summed E-state index contributed by atoms with van der Waals surface area (Å²) in [5, 5.41) is 10.7. The van der Waals surface area contributed by atoms with E-state index in [1.807, 2.05) is 27.8 Å². The number of thiophene rings is 1. The Morgan fingerprint density at radius 1 is 1.31 bits per heavy atom. The molecule has 0 bridgehead atoms. The zero-order valence-electron chi connectivity index (χ0n) is 14.6. The summed E-state index contributed by atoms with van der Waals surface area (Å²) < 4.78 is 5.01. The number of ether oxygens (including phenoxy) is 1. The number of methoxy groups -OCH3 is 1. The fourth-order valence-corrected chi connectivity index (χ4v) is 4.30. The summed E-state index contributed by atoms with van der Waals surface area (Å²) in [7, 11) is 1.60. The first-order valence-corrected chi connectivity index (χ1v) is 10.2. The van der Waals surface area contributed by atoms with Gasteiger partial charge in [-0.2, -0.15) is 0 Å². The van der Waals surface area contributed by atoms with Gasteiger partial charge in [0.1, 0.15) is 5.54 Å². The van der Waals surface area contributed by atoms with Gasteiger partial charge in [0, 0.05) is 38.3 Å². The first kappa shape index (κ1) is 18.8. The number of hydrogen-bond donors (Lipinski definition) is 2. The molecule has 0 saturated carbocycles. The summed E-state index contributed by atoms with van der Waals surface area (Å²) in [5.41, 5.74) is -0.766. The lowest BCUT2D eigenvalue weighted by Crippen LogP contribution is -2.59. The van der Waals surface area contributed by atoms with E-state index >= 15 is 0 Å². The van der Waals surface area contributed by atoms with Gasteiger partial charge in [-0.05, 0) is 24.3 Å². The Bertz CT molecular complexity index is 710. The molecule has 0 atom stereocenters. The van der Waals surface area contributed by atoms with Crippen molar-refractivity contribution in [2.24, 2.45) is 0 Å². The minimum absolute atomic E-state index is 0.0302. The first-order chi connectivity index (χ1) is 12.6. The highest BCUT2D eigenvalue weighted by atomic mass is 32.1. The lowest BCUT2D eigenvalue weighted by atomic mass is 9.86. The van der Waals surface area contributed by atoms with E-state index in [2.05, 4.69) is 15.6 Å². The molecule has 3 rings (SSSR count). The number of rotatable bonds is 7. The van der Waals surface area contributed by atoms with Crippen molar-refractivity contribution in [2.45, 2.75) is 18.4 Å². The molecule has 3 heterocycles. The SMILES string of the molecule is COCCNC(=O)C1(Nc2nccs2)CCN(C(=O)c2cccs2)CC1. The molecule has 140 valence electrons. The van der Waals surface area contributed by atoms with E-state index in [0.29, 0.717) is 44.2 Å². The predicted octanol–water partition coefficient (Wildman–Crippen LogP) is 2.05. The van der Waals surface area contributed by atoms with Crippen LogP contribution in [0.5, 0.6) is 0 Å². The van der Waals surface area contributed by atoms with Crippen molar-refractivity contribution in [1.82, 2.24) is 15.2 Å². The van der Waals surface area contributed by atoms with Crippen LogP contribution < -0.4 is 10.6 Å². The number of thiazole rings is 1. The van der Waals surface area contributed by atoms with Gasteiger partial charge in [-0.3, -0.25) is 9.59 Å². The van der Waals surface area contributed by atoms with E-state index in [1.165, 1.54) is 22.7 Å². The lowest BCUT2D eigenvalue weighted by molar-refractivity contribution is -0.127. The second-order valence-corrected chi connectivity index (χ2v) is 7.90. The maximum atomic E-state index is 12.9. The third-order valence-electron chi connectivity index (χ3n) is 4.44. The molecule has 9 heteroatoms. The number of nitrogens with zero attached hydrogens (tertiary/aromatic N) is 2. The van der Waals surface area contributed by atoms with Gasteiger partial charge in [0.05, 0.1) is 11.5 Å². The fraction of sp³-hybridized carbons (Fsp3) is 0.471. The number of likely N-dealkylation sites (tertiary alicyclic amines) is 1. The maximum absolute atomic E-state index is 12.9. The van der Waals surface area contributed by atoms with Gasteiger partial charge in [-0.1, -0.05) is 6.07 Å². The molecular weight excluding hydrogens is 372 g/mol. The van der Waals surface area contributed by atoms with E-state index < -0.39 is 5.54 Å². The molecule has 0 radical (unpaired) electrons. The Morgan fingerprint density at radius 3 is 2.73 bits per heavy atom. The number of aromatic nitrogens is 1. The van der Waals surface area contributed by atoms with Crippen molar-refractivity contribution in [1.29, 1.82) is 0 Å². The molecule has 1 aliphatic heterocycles. The third-order valence-corrected chi connectivity index (χ3v) is 5.99. The Kier molecular flexibility index (Phi) is 6.23. The normalized spacial score (nSPS) is 16.3. The zero-order valence-corrected chi connectivity index (χ0v) is 16.2. The lowest BCUT2D eigenvalue weighted by Gasteiger charge is -2.41. The van der Waals surface area contributed by atoms with Crippen LogP contribution in [0.1, 0.15) is 22.5 Å². The molecule has 2 N–H and O–H groups in total. The number of anilines is 1. The average molecular weight is 395 g/mol. The minimum atomic E-state index is -0.766. The van der Waals surface area contributed by atoms with Crippen molar-refractivity contribution >= 4 is 39.6 Å². The number of carbonyl (C=O) groups is 2. The molecule has 0 aromatic carbocycles. The third kappa shape index (κ3) is 4.22. The summed E-state index contributed by atoms with van der Waals surface area (Å²) in [4.78, 5) is 32.2. The molecule has 2 amide bonds. The van der Waals surface area contributed by atoms with Crippen LogP contribution in [-0.2, 0) is 9.53 Å². The van der Waals surface area contributed by atoms with Crippen LogP contribution in [0.2, 0.25) is 0 Å². The Hall–Kier alpha value is -1.97. The van der Waals surface area contributed by atoms with Crippen molar-refractivity contribution in [3.05, 3.63) is 34.0 Å². The van der Waals surface area contributed by atoms with Crippen LogP contribution in [0.4, 0.5) is 5.13 Å².